The molecule has 330 valence electrons. The Morgan fingerprint density at radius 1 is 0.473 bits per heavy atom. The normalized spacial score (nSPS) is 13.0. The van der Waals surface area contributed by atoms with Gasteiger partial charge in [-0.3, -0.25) is 9.59 Å². The van der Waals surface area contributed by atoms with Crippen LogP contribution in [0.5, 0.6) is 0 Å². The Morgan fingerprint density at radius 3 is 1.09 bits per heavy atom. The highest BCUT2D eigenvalue weighted by molar-refractivity contribution is 5.69. The molecule has 0 radical (unpaired) electrons. The van der Waals surface area contributed by atoms with Crippen molar-refractivity contribution in [2.45, 2.75) is 209 Å². The monoisotopic (exact) mass is 784 g/mol. The zero-order valence-corrected chi connectivity index (χ0v) is 38.8. The Labute approximate surface area is 343 Å². The van der Waals surface area contributed by atoms with E-state index in [9.17, 15) is 9.59 Å². The highest BCUT2D eigenvalue weighted by Gasteiger charge is 2.18. The van der Waals surface area contributed by atoms with Crippen LogP contribution in [0.15, 0.2) is 0 Å². The van der Waals surface area contributed by atoms with Gasteiger partial charge in [-0.2, -0.15) is 0 Å². The summed E-state index contributed by atoms with van der Waals surface area (Å²) in [5, 5.41) is 7.00. The molecule has 0 aliphatic carbocycles. The number of hydrogen-bond acceptors (Lipinski definition) is 7. The van der Waals surface area contributed by atoms with E-state index < -0.39 is 0 Å². The molecule has 1 N–H and O–H groups in total. The third-order valence-electron chi connectivity index (χ3n) is 11.2. The number of unbranched alkanes of at least 4 members (excludes halogenated alkanes) is 12. The molecule has 0 saturated heterocycles. The quantitative estimate of drug-likeness (QED) is 0.0499. The van der Waals surface area contributed by atoms with Crippen molar-refractivity contribution >= 4 is 18.7 Å². The number of hydrogen-bond donors (Lipinski definition) is 1. The van der Waals surface area contributed by atoms with Crippen molar-refractivity contribution < 1.29 is 29.0 Å². The molecule has 0 spiro atoms. The van der Waals surface area contributed by atoms with E-state index in [1.165, 1.54) is 109 Å². The van der Waals surface area contributed by atoms with Gasteiger partial charge in [0.25, 0.3) is 0 Å². The summed E-state index contributed by atoms with van der Waals surface area (Å²) >= 11 is 0. The summed E-state index contributed by atoms with van der Waals surface area (Å²) < 4.78 is 11.3. The van der Waals surface area contributed by atoms with Gasteiger partial charge in [0.1, 0.15) is 6.79 Å². The van der Waals surface area contributed by atoms with Crippen molar-refractivity contribution in [1.29, 1.82) is 0 Å². The first-order chi connectivity index (χ1) is 26.3. The minimum atomic E-state index is 0.00225. The van der Waals surface area contributed by atoms with Crippen LogP contribution in [0.25, 0.3) is 0 Å². The van der Waals surface area contributed by atoms with Crippen molar-refractivity contribution in [2.24, 2.45) is 41.4 Å². The molecule has 0 fully saturated rings. The number of ether oxygens (including phenoxy) is 2. The molecule has 7 nitrogen and oxygen atoms in total. The van der Waals surface area contributed by atoms with Crippen LogP contribution in [0.2, 0.25) is 0 Å². The average molecular weight is 784 g/mol. The molecule has 0 aliphatic rings. The maximum atomic E-state index is 12.3. The highest BCUT2D eigenvalue weighted by atomic mass is 16.5. The van der Waals surface area contributed by atoms with Gasteiger partial charge in [0.2, 0.25) is 0 Å². The molecule has 0 aromatic carbocycles. The summed E-state index contributed by atoms with van der Waals surface area (Å²) in [7, 11) is 5.38. The zero-order valence-electron chi connectivity index (χ0n) is 38.8. The summed E-state index contributed by atoms with van der Waals surface area (Å²) in [6.07, 6.45) is 28.7. The van der Waals surface area contributed by atoms with Gasteiger partial charge in [-0.1, -0.05) is 158 Å². The van der Waals surface area contributed by atoms with Crippen LogP contribution in [0.1, 0.15) is 209 Å². The van der Waals surface area contributed by atoms with E-state index in [4.69, 9.17) is 19.4 Å². The highest BCUT2D eigenvalue weighted by Crippen LogP contribution is 2.25. The second-order valence-electron chi connectivity index (χ2n) is 18.2. The summed E-state index contributed by atoms with van der Waals surface area (Å²) in [6.45, 7) is 22.4. The maximum Gasteiger partial charge on any atom is 0.305 e. The molecule has 0 amide bonds. The van der Waals surface area contributed by atoms with Gasteiger partial charge < -0.3 is 24.3 Å². The number of aliphatic hydroxyl groups excluding tert-OH is 1. The van der Waals surface area contributed by atoms with E-state index in [-0.39, 0.29) is 11.9 Å². The lowest BCUT2D eigenvalue weighted by atomic mass is 9.89. The number of nitrogens with zero attached hydrogens (tertiary/aromatic N) is 1. The molecule has 0 aliphatic heterocycles. The number of esters is 2. The fourth-order valence-electron chi connectivity index (χ4n) is 7.16. The Morgan fingerprint density at radius 2 is 0.782 bits per heavy atom. The van der Waals surface area contributed by atoms with Gasteiger partial charge >= 0.3 is 11.9 Å². The molecule has 2 unspecified atom stereocenters. The first-order valence-electron chi connectivity index (χ1n) is 23.0. The van der Waals surface area contributed by atoms with Gasteiger partial charge in [-0.25, -0.2) is 0 Å². The zero-order chi connectivity index (χ0) is 42.3. The summed E-state index contributed by atoms with van der Waals surface area (Å²) in [5.74, 6) is 4.40. The van der Waals surface area contributed by atoms with Crippen LogP contribution in [0, 0.1) is 41.4 Å². The lowest BCUT2D eigenvalue weighted by Gasteiger charge is -2.21. The van der Waals surface area contributed by atoms with Gasteiger partial charge in [0, 0.05) is 20.0 Å². The van der Waals surface area contributed by atoms with E-state index in [2.05, 4.69) is 74.4 Å². The number of aliphatic hydroxyl groups is 1. The maximum absolute atomic E-state index is 12.3. The third kappa shape index (κ3) is 42.0. The second kappa shape index (κ2) is 42.1. The SMILES string of the molecule is C=O.CC(C)CCC(COC(=O)CCCCCCCCCC(CCCCCCCCCC(=O)OCC(CCC(C)C)C(C)C)CCCN(C)C)C(C)C.CO. The van der Waals surface area contributed by atoms with E-state index >= 15 is 0 Å². The summed E-state index contributed by atoms with van der Waals surface area (Å²) in [4.78, 5) is 34.9. The van der Waals surface area contributed by atoms with Gasteiger partial charge in [0.15, 0.2) is 0 Å². The van der Waals surface area contributed by atoms with E-state index in [0.717, 1.165) is 51.6 Å². The Hall–Kier alpha value is -1.47. The molecule has 0 rings (SSSR count). The summed E-state index contributed by atoms with van der Waals surface area (Å²) in [5.41, 5.74) is 0. The van der Waals surface area contributed by atoms with Crippen LogP contribution >= 0.6 is 0 Å². The molecule has 0 aromatic heterocycles. The molecular formula is C48H97NO6. The van der Waals surface area contributed by atoms with Crippen molar-refractivity contribution in [3.05, 3.63) is 0 Å². The number of carbonyl (C=O) groups is 3. The predicted octanol–water partition coefficient (Wildman–Crippen LogP) is 12.9. The van der Waals surface area contributed by atoms with Crippen LogP contribution < -0.4 is 0 Å². The molecule has 0 aromatic rings. The topological polar surface area (TPSA) is 93.1 Å². The largest absolute Gasteiger partial charge is 0.465 e. The molecule has 0 heterocycles. The molecule has 55 heavy (non-hydrogen) atoms. The van der Waals surface area contributed by atoms with Crippen molar-refractivity contribution in [3.8, 4) is 0 Å². The lowest BCUT2D eigenvalue weighted by Crippen LogP contribution is -2.19. The van der Waals surface area contributed by atoms with Gasteiger partial charge in [0.05, 0.1) is 13.2 Å². The standard InChI is InChI=1S/C46H91NO4.CH4O.CH2O/c1-38(2)31-33-43(40(5)6)36-50-45(48)29-23-19-15-11-13-17-21-26-42(28-25-35-47(9)10)27-22-18-14-12-16-20-24-30-46(49)51-37-44(41(7)8)34-32-39(3)4;2*1-2/h38-44H,11-37H2,1-10H3;2H,1H3;1H2. The fraction of sp³-hybridized carbons (Fsp3) is 0.938. The van der Waals surface area contributed by atoms with Crippen LogP contribution in [-0.4, -0.2) is 69.7 Å². The van der Waals surface area contributed by atoms with Gasteiger partial charge in [-0.15, -0.1) is 0 Å². The smallest absolute Gasteiger partial charge is 0.305 e. The van der Waals surface area contributed by atoms with Gasteiger partial charge in [-0.05, 0) is 101 Å². The number of rotatable bonds is 36. The molecule has 0 bridgehead atoms. The third-order valence-corrected chi connectivity index (χ3v) is 11.2. The average Bonchev–Trinajstić information content (AvgIpc) is 3.13. The Bertz CT molecular complexity index is 756. The minimum absolute atomic E-state index is 0.00225. The van der Waals surface area contributed by atoms with Crippen LogP contribution in [-0.2, 0) is 23.9 Å². The van der Waals surface area contributed by atoms with E-state index in [1.807, 2.05) is 6.79 Å². The van der Waals surface area contributed by atoms with Crippen LogP contribution in [0.4, 0.5) is 0 Å². The molecule has 0 saturated carbocycles. The van der Waals surface area contributed by atoms with Crippen molar-refractivity contribution in [3.63, 3.8) is 0 Å². The first kappa shape index (κ1) is 57.9. The molecule has 7 heteroatoms. The minimum Gasteiger partial charge on any atom is -0.465 e. The van der Waals surface area contributed by atoms with Crippen LogP contribution in [0.3, 0.4) is 0 Å². The van der Waals surface area contributed by atoms with Crippen molar-refractivity contribution in [1.82, 2.24) is 4.90 Å². The Kier molecular flexibility index (Phi) is 44.3. The van der Waals surface area contributed by atoms with Crippen molar-refractivity contribution in [2.75, 3.05) is 41.0 Å². The van der Waals surface area contributed by atoms with E-state index in [1.54, 1.807) is 0 Å². The predicted molar refractivity (Wildman–Crippen MR) is 236 cm³/mol. The summed E-state index contributed by atoms with van der Waals surface area (Å²) in [6, 6.07) is 0. The number of carbonyl (C=O) groups excluding carboxylic acids is 3. The lowest BCUT2D eigenvalue weighted by molar-refractivity contribution is -0.146. The van der Waals surface area contributed by atoms with E-state index in [0.29, 0.717) is 61.6 Å². The molecular weight excluding hydrogens is 687 g/mol. The molecule has 2 atom stereocenters. The Balaban J connectivity index is -0.00000652. The first-order valence-corrected chi connectivity index (χ1v) is 23.0. The fourth-order valence-corrected chi connectivity index (χ4v) is 7.16. The second-order valence-corrected chi connectivity index (χ2v) is 18.2.